The molecule has 1 atom stereocenters. The molecule has 0 bridgehead atoms. The van der Waals surface area contributed by atoms with Gasteiger partial charge >= 0.3 is 0 Å². The van der Waals surface area contributed by atoms with Crippen molar-refractivity contribution in [3.05, 3.63) is 29.6 Å². The first kappa shape index (κ1) is 15.0. The molecular weight excluding hydrogens is 214 g/mol. The lowest BCUT2D eigenvalue weighted by molar-refractivity contribution is 0.623. The molecule has 0 fully saturated rings. The van der Waals surface area contributed by atoms with Gasteiger partial charge in [0.2, 0.25) is 0 Å². The highest BCUT2D eigenvalue weighted by atomic mass is 35.5. The molecule has 1 aromatic rings. The minimum absolute atomic E-state index is 0. The van der Waals surface area contributed by atoms with Crippen LogP contribution in [-0.2, 0) is 0 Å². The minimum atomic E-state index is -0.300. The third kappa shape index (κ3) is 3.81. The Morgan fingerprint density at radius 3 is 2.23 bits per heavy atom. The SMILES string of the molecule is C[C@@H](N)c1cc(F)ccc1N.Cl.Cl. The summed E-state index contributed by atoms with van der Waals surface area (Å²) in [5.74, 6) is -0.300. The summed E-state index contributed by atoms with van der Waals surface area (Å²) in [7, 11) is 0. The van der Waals surface area contributed by atoms with E-state index in [0.717, 1.165) is 0 Å². The Labute approximate surface area is 89.3 Å². The monoisotopic (exact) mass is 226 g/mol. The van der Waals surface area contributed by atoms with Gasteiger partial charge in [0.15, 0.2) is 0 Å². The lowest BCUT2D eigenvalue weighted by atomic mass is 10.1. The van der Waals surface area contributed by atoms with Crippen LogP contribution < -0.4 is 11.5 Å². The molecule has 0 aliphatic carbocycles. The van der Waals surface area contributed by atoms with Crippen molar-refractivity contribution in [3.63, 3.8) is 0 Å². The maximum Gasteiger partial charge on any atom is 0.123 e. The Balaban J connectivity index is 0. The van der Waals surface area contributed by atoms with Crippen molar-refractivity contribution in [2.75, 3.05) is 5.73 Å². The molecule has 0 heterocycles. The molecule has 0 spiro atoms. The zero-order chi connectivity index (χ0) is 8.43. The van der Waals surface area contributed by atoms with Crippen LogP contribution in [0.5, 0.6) is 0 Å². The normalized spacial score (nSPS) is 11.0. The molecule has 1 rings (SSSR count). The maximum atomic E-state index is 12.6. The molecule has 0 aliphatic heterocycles. The van der Waals surface area contributed by atoms with E-state index in [1.54, 1.807) is 6.92 Å². The van der Waals surface area contributed by atoms with E-state index < -0.39 is 0 Å². The summed E-state index contributed by atoms with van der Waals surface area (Å²) in [6, 6.07) is 3.99. The molecule has 2 nitrogen and oxygen atoms in total. The van der Waals surface area contributed by atoms with E-state index in [4.69, 9.17) is 11.5 Å². The molecule has 0 unspecified atom stereocenters. The Bertz CT molecular complexity index is 266. The zero-order valence-electron chi connectivity index (χ0n) is 7.16. The van der Waals surface area contributed by atoms with Gasteiger partial charge in [-0.2, -0.15) is 0 Å². The van der Waals surface area contributed by atoms with Gasteiger partial charge in [-0.3, -0.25) is 0 Å². The summed E-state index contributed by atoms with van der Waals surface area (Å²) < 4.78 is 12.6. The van der Waals surface area contributed by atoms with E-state index in [0.29, 0.717) is 11.3 Å². The van der Waals surface area contributed by atoms with E-state index in [9.17, 15) is 4.39 Å². The van der Waals surface area contributed by atoms with Crippen molar-refractivity contribution in [2.45, 2.75) is 13.0 Å². The Morgan fingerprint density at radius 2 is 1.85 bits per heavy atom. The molecule has 1 aromatic carbocycles. The van der Waals surface area contributed by atoms with Crippen LogP contribution in [0.2, 0.25) is 0 Å². The third-order valence-corrected chi connectivity index (χ3v) is 1.54. The summed E-state index contributed by atoms with van der Waals surface area (Å²) in [4.78, 5) is 0. The highest BCUT2D eigenvalue weighted by Gasteiger charge is 2.04. The van der Waals surface area contributed by atoms with Gasteiger partial charge in [-0.1, -0.05) is 0 Å². The first-order valence-corrected chi connectivity index (χ1v) is 3.42. The van der Waals surface area contributed by atoms with Crippen LogP contribution in [0.3, 0.4) is 0 Å². The number of hydrogen-bond donors (Lipinski definition) is 2. The van der Waals surface area contributed by atoms with E-state index in [-0.39, 0.29) is 36.7 Å². The van der Waals surface area contributed by atoms with Crippen LogP contribution in [0.4, 0.5) is 10.1 Å². The highest BCUT2D eigenvalue weighted by Crippen LogP contribution is 2.18. The molecule has 0 radical (unpaired) electrons. The first-order chi connectivity index (χ1) is 5.11. The van der Waals surface area contributed by atoms with Crippen LogP contribution in [-0.4, -0.2) is 0 Å². The number of hydrogen-bond acceptors (Lipinski definition) is 2. The predicted molar refractivity (Wildman–Crippen MR) is 57.9 cm³/mol. The number of halogens is 3. The van der Waals surface area contributed by atoms with Gasteiger partial charge in [0.1, 0.15) is 5.82 Å². The van der Waals surface area contributed by atoms with Gasteiger partial charge in [-0.05, 0) is 30.7 Å². The summed E-state index contributed by atoms with van der Waals surface area (Å²) in [6.07, 6.45) is 0. The fourth-order valence-corrected chi connectivity index (χ4v) is 0.940. The summed E-state index contributed by atoms with van der Waals surface area (Å²) in [6.45, 7) is 1.77. The van der Waals surface area contributed by atoms with E-state index in [2.05, 4.69) is 0 Å². The quantitative estimate of drug-likeness (QED) is 0.723. The maximum absolute atomic E-state index is 12.6. The van der Waals surface area contributed by atoms with Crippen molar-refractivity contribution >= 4 is 30.5 Å². The molecule has 13 heavy (non-hydrogen) atoms. The van der Waals surface area contributed by atoms with Crippen molar-refractivity contribution in [1.82, 2.24) is 0 Å². The zero-order valence-corrected chi connectivity index (χ0v) is 8.79. The molecule has 0 aliphatic rings. The van der Waals surface area contributed by atoms with E-state index >= 15 is 0 Å². The fraction of sp³-hybridized carbons (Fsp3) is 0.250. The highest BCUT2D eigenvalue weighted by molar-refractivity contribution is 5.85. The van der Waals surface area contributed by atoms with Crippen molar-refractivity contribution < 1.29 is 4.39 Å². The van der Waals surface area contributed by atoms with Crippen molar-refractivity contribution in [2.24, 2.45) is 5.73 Å². The molecule has 0 aromatic heterocycles. The van der Waals surface area contributed by atoms with E-state index in [1.165, 1.54) is 18.2 Å². The molecule has 76 valence electrons. The lowest BCUT2D eigenvalue weighted by Gasteiger charge is -2.08. The lowest BCUT2D eigenvalue weighted by Crippen LogP contribution is -2.08. The first-order valence-electron chi connectivity index (χ1n) is 3.42. The van der Waals surface area contributed by atoms with Gasteiger partial charge in [0.25, 0.3) is 0 Å². The largest absolute Gasteiger partial charge is 0.398 e. The van der Waals surface area contributed by atoms with Crippen LogP contribution >= 0.6 is 24.8 Å². The summed E-state index contributed by atoms with van der Waals surface area (Å²) >= 11 is 0. The number of benzene rings is 1. The number of nitrogen functional groups attached to an aromatic ring is 1. The number of anilines is 1. The smallest absolute Gasteiger partial charge is 0.123 e. The average molecular weight is 227 g/mol. The van der Waals surface area contributed by atoms with Crippen LogP contribution in [0.15, 0.2) is 18.2 Å². The predicted octanol–water partition coefficient (Wildman–Crippen LogP) is 2.27. The summed E-state index contributed by atoms with van der Waals surface area (Å²) in [5.41, 5.74) is 12.3. The average Bonchev–Trinajstić information content (AvgIpc) is 1.94. The number of rotatable bonds is 1. The Morgan fingerprint density at radius 1 is 1.31 bits per heavy atom. The van der Waals surface area contributed by atoms with E-state index in [1.807, 2.05) is 0 Å². The molecular formula is C8H13Cl2FN2. The molecule has 4 N–H and O–H groups in total. The molecule has 0 amide bonds. The molecule has 0 saturated carbocycles. The van der Waals surface area contributed by atoms with Gasteiger partial charge in [-0.15, -0.1) is 24.8 Å². The second kappa shape index (κ2) is 6.02. The summed E-state index contributed by atoms with van der Waals surface area (Å²) in [5, 5.41) is 0. The minimum Gasteiger partial charge on any atom is -0.398 e. The third-order valence-electron chi connectivity index (χ3n) is 1.54. The topological polar surface area (TPSA) is 52.0 Å². The van der Waals surface area contributed by atoms with Gasteiger partial charge in [0.05, 0.1) is 0 Å². The van der Waals surface area contributed by atoms with Gasteiger partial charge in [-0.25, -0.2) is 4.39 Å². The second-order valence-corrected chi connectivity index (χ2v) is 2.56. The van der Waals surface area contributed by atoms with Crippen LogP contribution in [0.25, 0.3) is 0 Å². The number of nitrogens with two attached hydrogens (primary N) is 2. The fourth-order valence-electron chi connectivity index (χ4n) is 0.940. The van der Waals surface area contributed by atoms with Crippen molar-refractivity contribution in [1.29, 1.82) is 0 Å². The standard InChI is InChI=1S/C8H11FN2.2ClH/c1-5(10)7-4-6(9)2-3-8(7)11;;/h2-5H,10-11H2,1H3;2*1H/t5-;;/m1../s1. The van der Waals surface area contributed by atoms with Gasteiger partial charge < -0.3 is 11.5 Å². The Hall–Kier alpha value is -0.510. The molecule has 5 heteroatoms. The van der Waals surface area contributed by atoms with Crippen molar-refractivity contribution in [3.8, 4) is 0 Å². The van der Waals surface area contributed by atoms with Crippen LogP contribution in [0.1, 0.15) is 18.5 Å². The second-order valence-electron chi connectivity index (χ2n) is 2.56. The Kier molecular flexibility index (Phi) is 6.94. The van der Waals surface area contributed by atoms with Crippen LogP contribution in [0, 0.1) is 5.82 Å². The van der Waals surface area contributed by atoms with Gasteiger partial charge in [0, 0.05) is 11.7 Å². The molecule has 0 saturated heterocycles.